The Morgan fingerprint density at radius 1 is 1.11 bits per heavy atom. The lowest BCUT2D eigenvalue weighted by molar-refractivity contribution is 0.102. The van der Waals surface area contributed by atoms with E-state index in [0.29, 0.717) is 18.2 Å². The van der Waals surface area contributed by atoms with E-state index >= 15 is 0 Å². The maximum atomic E-state index is 13.1. The minimum atomic E-state index is -0.183. The quantitative estimate of drug-likeness (QED) is 0.297. The van der Waals surface area contributed by atoms with E-state index in [1.807, 2.05) is 41.8 Å². The highest BCUT2D eigenvalue weighted by molar-refractivity contribution is 7.80. The highest BCUT2D eigenvalue weighted by Crippen LogP contribution is 2.32. The summed E-state index contributed by atoms with van der Waals surface area (Å²) in [6.07, 6.45) is 3.57. The summed E-state index contributed by atoms with van der Waals surface area (Å²) >= 11 is 7.13. The molecule has 36 heavy (non-hydrogen) atoms. The number of benzene rings is 2. The van der Waals surface area contributed by atoms with E-state index in [1.165, 1.54) is 5.56 Å². The van der Waals surface area contributed by atoms with E-state index in [1.54, 1.807) is 17.6 Å². The summed E-state index contributed by atoms with van der Waals surface area (Å²) in [5, 5.41) is 9.96. The summed E-state index contributed by atoms with van der Waals surface area (Å²) in [5.74, 6) is 1.01. The molecule has 0 aliphatic carbocycles. The molecule has 0 saturated carbocycles. The Hall–Kier alpha value is -3.49. The van der Waals surface area contributed by atoms with E-state index in [4.69, 9.17) is 21.6 Å². The molecule has 0 unspecified atom stereocenters. The van der Waals surface area contributed by atoms with Gasteiger partial charge in [-0.1, -0.05) is 48.0 Å². The number of furan rings is 1. The van der Waals surface area contributed by atoms with Crippen LogP contribution in [0, 0.1) is 6.92 Å². The second-order valence-corrected chi connectivity index (χ2v) is 10.2. The van der Waals surface area contributed by atoms with Crippen molar-refractivity contribution in [2.24, 2.45) is 0 Å². The zero-order chi connectivity index (χ0) is 24.9. The van der Waals surface area contributed by atoms with Crippen molar-refractivity contribution in [3.8, 4) is 11.1 Å². The number of likely N-dealkylation sites (tertiary alicyclic amines) is 1. The number of aryl methyl sites for hydroxylation is 1. The predicted molar refractivity (Wildman–Crippen MR) is 148 cm³/mol. The van der Waals surface area contributed by atoms with Gasteiger partial charge < -0.3 is 20.0 Å². The van der Waals surface area contributed by atoms with Crippen LogP contribution >= 0.6 is 23.6 Å². The number of thiocarbonyl (C=S) groups is 1. The number of thiazole rings is 1. The molecule has 0 spiro atoms. The molecule has 2 aromatic heterocycles. The monoisotopic (exact) mass is 516 g/mol. The summed E-state index contributed by atoms with van der Waals surface area (Å²) in [6, 6.07) is 20.0. The van der Waals surface area contributed by atoms with Crippen molar-refractivity contribution in [1.29, 1.82) is 0 Å². The van der Waals surface area contributed by atoms with Crippen molar-refractivity contribution in [3.63, 3.8) is 0 Å². The van der Waals surface area contributed by atoms with Gasteiger partial charge in [-0.25, -0.2) is 4.98 Å². The van der Waals surface area contributed by atoms with Crippen LogP contribution in [0.25, 0.3) is 11.1 Å². The van der Waals surface area contributed by atoms with Crippen LogP contribution in [0.15, 0.2) is 76.7 Å². The van der Waals surface area contributed by atoms with Gasteiger partial charge in [0.2, 0.25) is 0 Å². The van der Waals surface area contributed by atoms with Gasteiger partial charge in [-0.05, 0) is 55.7 Å². The Balaban J connectivity index is 1.18. The maximum Gasteiger partial charge on any atom is 0.275 e. The first-order chi connectivity index (χ1) is 17.6. The van der Waals surface area contributed by atoms with E-state index in [2.05, 4.69) is 46.7 Å². The molecule has 1 amide bonds. The Morgan fingerprint density at radius 3 is 2.64 bits per heavy atom. The normalized spacial score (nSPS) is 14.0. The van der Waals surface area contributed by atoms with Crippen molar-refractivity contribution in [3.05, 3.63) is 94.3 Å². The van der Waals surface area contributed by atoms with Crippen molar-refractivity contribution >= 4 is 40.3 Å². The topological polar surface area (TPSA) is 70.4 Å². The smallest absolute Gasteiger partial charge is 0.275 e. The fourth-order valence-corrected chi connectivity index (χ4v) is 5.59. The fraction of sp³-hybridized carbons (Fsp3) is 0.250. The minimum absolute atomic E-state index is 0.183. The molecule has 2 N–H and O–H groups in total. The van der Waals surface area contributed by atoms with Crippen LogP contribution in [-0.2, 0) is 6.54 Å². The van der Waals surface area contributed by atoms with E-state index < -0.39 is 0 Å². The zero-order valence-electron chi connectivity index (χ0n) is 20.1. The molecule has 3 heterocycles. The molecule has 1 fully saturated rings. The van der Waals surface area contributed by atoms with Gasteiger partial charge in [-0.2, -0.15) is 0 Å². The number of aromatic nitrogens is 1. The Kier molecular flexibility index (Phi) is 7.44. The van der Waals surface area contributed by atoms with Gasteiger partial charge in [-0.3, -0.25) is 4.79 Å². The third-order valence-electron chi connectivity index (χ3n) is 6.42. The number of carbonyl (C=O) groups is 1. The van der Waals surface area contributed by atoms with Crippen LogP contribution < -0.4 is 10.6 Å². The number of piperidine rings is 1. The molecule has 8 heteroatoms. The molecule has 1 aliphatic heterocycles. The molecule has 6 nitrogen and oxygen atoms in total. The number of rotatable bonds is 6. The standard InChI is InChI=1S/C28H28N4O2S2/c1-19-8-10-20(11-9-19)23-6-2-3-7-24(23)30-26(33)25-18-36-27(31-25)21-12-14-32(15-13-21)28(35)29-17-22-5-4-16-34-22/h2-11,16,18,21H,12-15,17H2,1H3,(H,29,35)(H,30,33). The van der Waals surface area contributed by atoms with Gasteiger partial charge >= 0.3 is 0 Å². The van der Waals surface area contributed by atoms with Crippen LogP contribution in [0.1, 0.15) is 45.6 Å². The molecular weight excluding hydrogens is 488 g/mol. The second-order valence-electron chi connectivity index (χ2n) is 8.94. The van der Waals surface area contributed by atoms with Crippen molar-refractivity contribution in [1.82, 2.24) is 15.2 Å². The van der Waals surface area contributed by atoms with Crippen LogP contribution in [0.3, 0.4) is 0 Å². The van der Waals surface area contributed by atoms with Crippen LogP contribution in [-0.4, -0.2) is 34.0 Å². The van der Waals surface area contributed by atoms with E-state index in [9.17, 15) is 4.79 Å². The number of nitrogens with one attached hydrogen (secondary N) is 2. The molecule has 5 rings (SSSR count). The Morgan fingerprint density at radius 2 is 1.89 bits per heavy atom. The number of anilines is 1. The third kappa shape index (κ3) is 5.66. The van der Waals surface area contributed by atoms with Gasteiger partial charge in [0.05, 0.1) is 17.8 Å². The third-order valence-corrected chi connectivity index (χ3v) is 7.83. The SMILES string of the molecule is Cc1ccc(-c2ccccc2NC(=O)c2csc(C3CCN(C(=S)NCc4ccco4)CC3)n2)cc1. The number of nitrogens with zero attached hydrogens (tertiary/aromatic N) is 2. The van der Waals surface area contributed by atoms with Gasteiger partial charge in [0, 0.05) is 35.6 Å². The number of hydrogen-bond acceptors (Lipinski definition) is 5. The molecule has 1 aliphatic rings. The molecule has 4 aromatic rings. The summed E-state index contributed by atoms with van der Waals surface area (Å²) in [7, 11) is 0. The molecule has 0 radical (unpaired) electrons. The van der Waals surface area contributed by atoms with Gasteiger partial charge in [0.1, 0.15) is 11.5 Å². The van der Waals surface area contributed by atoms with E-state index in [-0.39, 0.29) is 5.91 Å². The molecule has 1 saturated heterocycles. The first-order valence-corrected chi connectivity index (χ1v) is 13.3. The number of hydrogen-bond donors (Lipinski definition) is 2. The Labute approximate surface area is 220 Å². The lowest BCUT2D eigenvalue weighted by atomic mass is 9.98. The first kappa shape index (κ1) is 24.2. The van der Waals surface area contributed by atoms with E-state index in [0.717, 1.165) is 58.6 Å². The summed E-state index contributed by atoms with van der Waals surface area (Å²) < 4.78 is 5.36. The van der Waals surface area contributed by atoms with Crippen molar-refractivity contribution in [2.75, 3.05) is 18.4 Å². The number of para-hydroxylation sites is 1. The minimum Gasteiger partial charge on any atom is -0.467 e. The van der Waals surface area contributed by atoms with Gasteiger partial charge in [-0.15, -0.1) is 11.3 Å². The predicted octanol–water partition coefficient (Wildman–Crippen LogP) is 6.22. The number of amides is 1. The van der Waals surface area contributed by atoms with Crippen molar-refractivity contribution < 1.29 is 9.21 Å². The molecular formula is C28H28N4O2S2. The summed E-state index contributed by atoms with van der Waals surface area (Å²) in [5.41, 5.74) is 4.51. The zero-order valence-corrected chi connectivity index (χ0v) is 21.7. The molecule has 0 bridgehead atoms. The lowest BCUT2D eigenvalue weighted by Gasteiger charge is -2.33. The summed E-state index contributed by atoms with van der Waals surface area (Å²) in [4.78, 5) is 20.0. The highest BCUT2D eigenvalue weighted by atomic mass is 32.1. The summed E-state index contributed by atoms with van der Waals surface area (Å²) in [6.45, 7) is 4.37. The first-order valence-electron chi connectivity index (χ1n) is 12.0. The van der Waals surface area contributed by atoms with Crippen molar-refractivity contribution in [2.45, 2.75) is 32.2 Å². The highest BCUT2D eigenvalue weighted by Gasteiger charge is 2.25. The number of carbonyl (C=O) groups excluding carboxylic acids is 1. The van der Waals surface area contributed by atoms with Crippen LogP contribution in [0.5, 0.6) is 0 Å². The molecule has 0 atom stereocenters. The average Bonchev–Trinajstić information content (AvgIpc) is 3.61. The molecule has 184 valence electrons. The fourth-order valence-electron chi connectivity index (χ4n) is 4.36. The lowest BCUT2D eigenvalue weighted by Crippen LogP contribution is -2.43. The largest absolute Gasteiger partial charge is 0.467 e. The maximum absolute atomic E-state index is 13.1. The second kappa shape index (κ2) is 11.1. The van der Waals surface area contributed by atoms with Gasteiger partial charge in [0.25, 0.3) is 5.91 Å². The molecule has 2 aromatic carbocycles. The average molecular weight is 517 g/mol. The van der Waals surface area contributed by atoms with Crippen LogP contribution in [0.4, 0.5) is 5.69 Å². The van der Waals surface area contributed by atoms with Gasteiger partial charge in [0.15, 0.2) is 5.11 Å². The van der Waals surface area contributed by atoms with Crippen LogP contribution in [0.2, 0.25) is 0 Å². The Bertz CT molecular complexity index is 1320.